The van der Waals surface area contributed by atoms with Crippen LogP contribution in [-0.2, 0) is 43.3 Å². The molecule has 0 unspecified atom stereocenters. The SMILES string of the molecule is CC(C)(C)c1ccc(-c2c(-c3ccc(C(C)(C)C)cc3)c(-c3ccc(C(C)(C)C)cc3)c3c(c2-c2ccc(C(C)(C)C)cc2)-c2ccc4c5c(ccc-3c25)-c2c(-c3ccc(C(C)(C)C)cc3)c(-c3ccc(C(C)(C)C)cc3)c(-c3ccc(C(C)(C)C)cc3)c(-c3ccc(C(C)(C)C)cc3)c2-4)cc1. The predicted octanol–water partition coefficient (Wildman–Crippen LogP) is 29.9. The molecule has 12 aromatic rings. The van der Waals surface area contributed by atoms with Crippen LogP contribution in [0.15, 0.2) is 218 Å². The molecule has 0 spiro atoms. The molecule has 0 heteroatoms. The summed E-state index contributed by atoms with van der Waals surface area (Å²) in [6.07, 6.45) is 0. The van der Waals surface area contributed by atoms with E-state index in [0.717, 1.165) is 0 Å². The van der Waals surface area contributed by atoms with Crippen LogP contribution in [0.2, 0.25) is 0 Å². The molecular formula is C102H108. The van der Waals surface area contributed by atoms with Crippen molar-refractivity contribution in [2.24, 2.45) is 0 Å². The van der Waals surface area contributed by atoms with Crippen molar-refractivity contribution in [2.45, 2.75) is 209 Å². The average Bonchev–Trinajstić information content (AvgIpc) is 1.50. The molecule has 2 aliphatic rings. The van der Waals surface area contributed by atoms with Crippen molar-refractivity contribution in [2.75, 3.05) is 0 Å². The molecule has 0 N–H and O–H groups in total. The molecule has 0 atom stereocenters. The van der Waals surface area contributed by atoms with Crippen molar-refractivity contribution >= 4 is 10.8 Å². The van der Waals surface area contributed by atoms with Gasteiger partial charge in [0.2, 0.25) is 0 Å². The lowest BCUT2D eigenvalue weighted by Crippen LogP contribution is -2.11. The predicted molar refractivity (Wildman–Crippen MR) is 446 cm³/mol. The second-order valence-corrected chi connectivity index (χ2v) is 38.2. The smallest absolute Gasteiger partial charge is 0.000718 e. The van der Waals surface area contributed by atoms with Gasteiger partial charge in [0.15, 0.2) is 0 Å². The van der Waals surface area contributed by atoms with Crippen molar-refractivity contribution in [1.82, 2.24) is 0 Å². The Morgan fingerprint density at radius 1 is 0.118 bits per heavy atom. The van der Waals surface area contributed by atoms with Crippen LogP contribution in [-0.4, -0.2) is 0 Å². The third kappa shape index (κ3) is 12.2. The quantitative estimate of drug-likeness (QED) is 0.142. The molecule has 0 bridgehead atoms. The molecule has 0 saturated heterocycles. The highest BCUT2D eigenvalue weighted by Crippen LogP contribution is 2.67. The molecule has 0 aliphatic heterocycles. The van der Waals surface area contributed by atoms with Crippen LogP contribution in [0.1, 0.15) is 211 Å². The zero-order chi connectivity index (χ0) is 73.1. The minimum atomic E-state index is -0.0412. The minimum Gasteiger partial charge on any atom is -0.0579 e. The Hall–Kier alpha value is -9.10. The highest BCUT2D eigenvalue weighted by molar-refractivity contribution is 6.34. The Morgan fingerprint density at radius 3 is 0.314 bits per heavy atom. The topological polar surface area (TPSA) is 0 Å². The maximum atomic E-state index is 2.55. The molecule has 0 radical (unpaired) electrons. The zero-order valence-electron chi connectivity index (χ0n) is 65.8. The third-order valence-corrected chi connectivity index (χ3v) is 22.6. The molecule has 102 heavy (non-hydrogen) atoms. The number of fused-ring (bicyclic) bond motifs is 6. The van der Waals surface area contributed by atoms with Crippen LogP contribution >= 0.6 is 0 Å². The molecule has 0 amide bonds. The lowest BCUT2D eigenvalue weighted by Gasteiger charge is -2.28. The number of benzene rings is 12. The van der Waals surface area contributed by atoms with Gasteiger partial charge in [0, 0.05) is 0 Å². The van der Waals surface area contributed by atoms with Crippen molar-refractivity contribution in [3.63, 3.8) is 0 Å². The Labute approximate surface area is 612 Å². The first-order valence-corrected chi connectivity index (χ1v) is 37.6. The highest BCUT2D eigenvalue weighted by Gasteiger charge is 2.41. The van der Waals surface area contributed by atoms with Gasteiger partial charge < -0.3 is 0 Å². The summed E-state index contributed by atoms with van der Waals surface area (Å²) in [6.45, 7) is 56.0. The van der Waals surface area contributed by atoms with E-state index < -0.39 is 0 Å². The van der Waals surface area contributed by atoms with Gasteiger partial charge in [-0.25, -0.2) is 0 Å². The summed E-state index contributed by atoms with van der Waals surface area (Å²) < 4.78 is 0. The summed E-state index contributed by atoms with van der Waals surface area (Å²) in [5, 5.41) is 2.64. The van der Waals surface area contributed by atoms with Crippen LogP contribution in [0, 0.1) is 0 Å². The largest absolute Gasteiger partial charge is 0.0579 e. The van der Waals surface area contributed by atoms with E-state index in [-0.39, 0.29) is 43.3 Å². The second-order valence-electron chi connectivity index (χ2n) is 38.2. The first kappa shape index (κ1) is 70.0. The van der Waals surface area contributed by atoms with E-state index in [9.17, 15) is 0 Å². The summed E-state index contributed by atoms with van der Waals surface area (Å²) in [5.74, 6) is 0. The summed E-state index contributed by atoms with van der Waals surface area (Å²) in [6, 6.07) is 87.7. The van der Waals surface area contributed by atoms with Crippen LogP contribution < -0.4 is 0 Å². The lowest BCUT2D eigenvalue weighted by atomic mass is 9.74. The molecule has 0 saturated carbocycles. The fourth-order valence-electron chi connectivity index (χ4n) is 16.3. The Bertz CT molecular complexity index is 4570. The summed E-state index contributed by atoms with van der Waals surface area (Å²) in [5.41, 5.74) is 40.3. The van der Waals surface area contributed by atoms with E-state index >= 15 is 0 Å². The van der Waals surface area contributed by atoms with E-state index in [1.165, 1.54) is 189 Å². The van der Waals surface area contributed by atoms with Crippen molar-refractivity contribution in [3.8, 4) is 134 Å². The van der Waals surface area contributed by atoms with Gasteiger partial charge in [0.1, 0.15) is 0 Å². The normalized spacial score (nSPS) is 13.3. The van der Waals surface area contributed by atoms with Gasteiger partial charge >= 0.3 is 0 Å². The van der Waals surface area contributed by atoms with Gasteiger partial charge in [-0.05, 0) is 232 Å². The molecule has 0 aromatic heterocycles. The summed E-state index contributed by atoms with van der Waals surface area (Å²) in [4.78, 5) is 0. The molecule has 0 nitrogen and oxygen atoms in total. The molecule has 516 valence electrons. The average molecular weight is 1330 g/mol. The number of hydrogen-bond acceptors (Lipinski definition) is 0. The monoisotopic (exact) mass is 1330 g/mol. The Balaban J connectivity index is 1.20. The first-order valence-electron chi connectivity index (χ1n) is 37.6. The third-order valence-electron chi connectivity index (χ3n) is 22.6. The molecule has 0 heterocycles. The minimum absolute atomic E-state index is 0.0367. The summed E-state index contributed by atoms with van der Waals surface area (Å²) >= 11 is 0. The maximum Gasteiger partial charge on any atom is -0.000718 e. The van der Waals surface area contributed by atoms with Crippen molar-refractivity contribution in [1.29, 1.82) is 0 Å². The Morgan fingerprint density at radius 2 is 0.216 bits per heavy atom. The van der Waals surface area contributed by atoms with Crippen LogP contribution in [0.3, 0.4) is 0 Å². The van der Waals surface area contributed by atoms with E-state index in [4.69, 9.17) is 0 Å². The molecule has 14 rings (SSSR count). The Kier molecular flexibility index (Phi) is 16.6. The molecule has 2 aliphatic carbocycles. The maximum absolute atomic E-state index is 2.55. The van der Waals surface area contributed by atoms with Crippen LogP contribution in [0.25, 0.3) is 144 Å². The highest BCUT2D eigenvalue weighted by atomic mass is 14.4. The molecule has 0 fully saturated rings. The molecule has 12 aromatic carbocycles. The van der Waals surface area contributed by atoms with Gasteiger partial charge in [-0.1, -0.05) is 385 Å². The van der Waals surface area contributed by atoms with Gasteiger partial charge in [0.05, 0.1) is 0 Å². The van der Waals surface area contributed by atoms with Crippen molar-refractivity contribution in [3.05, 3.63) is 263 Å². The van der Waals surface area contributed by atoms with Crippen molar-refractivity contribution < 1.29 is 0 Å². The van der Waals surface area contributed by atoms with Gasteiger partial charge in [-0.15, -0.1) is 0 Å². The second kappa shape index (κ2) is 24.3. The van der Waals surface area contributed by atoms with Gasteiger partial charge in [0.25, 0.3) is 0 Å². The standard InChI is InChI=1S/C102H108/c1-95(2,3)69-41-25-61(26-42-69)81-82(62-27-43-70(44-28-62)96(4,5)6)86(66-35-51-74(52-36-66)100(16,17)18)92-78-59-60-80-90-79(58-57-77(89(78)90)91(92)85(81)65-33-49-73(50-34-65)99(13,14)15)93-87(67-37-53-75(54-38-67)101(19,20)21)83(63-29-45-71(46-30-63)97(7,8)9)84(64-31-47-72(48-32-64)98(10,11)12)88(94(80)93)68-39-55-76(56-40-68)102(22,23)24/h25-60H,1-24H3. The first-order chi connectivity index (χ1) is 47.7. The lowest BCUT2D eigenvalue weighted by molar-refractivity contribution is 0.590. The van der Waals surface area contributed by atoms with Crippen LogP contribution in [0.5, 0.6) is 0 Å². The number of hydrogen-bond donors (Lipinski definition) is 0. The van der Waals surface area contributed by atoms with Gasteiger partial charge in [-0.3, -0.25) is 0 Å². The fourth-order valence-corrected chi connectivity index (χ4v) is 16.3. The van der Waals surface area contributed by atoms with E-state index in [1.807, 2.05) is 0 Å². The van der Waals surface area contributed by atoms with Gasteiger partial charge in [-0.2, -0.15) is 0 Å². The van der Waals surface area contributed by atoms with E-state index in [0.29, 0.717) is 0 Å². The molecular weight excluding hydrogens is 1230 g/mol. The fraction of sp³-hybridized carbons (Fsp3) is 0.314. The number of rotatable bonds is 8. The zero-order valence-corrected chi connectivity index (χ0v) is 65.8. The van der Waals surface area contributed by atoms with E-state index in [1.54, 1.807) is 0 Å². The van der Waals surface area contributed by atoms with Crippen LogP contribution in [0.4, 0.5) is 0 Å². The van der Waals surface area contributed by atoms with E-state index in [2.05, 4.69) is 385 Å². The summed E-state index contributed by atoms with van der Waals surface area (Å²) in [7, 11) is 0.